The molecule has 2 aliphatic heterocycles. The Balaban J connectivity index is 1.28. The van der Waals surface area contributed by atoms with E-state index in [0.29, 0.717) is 42.6 Å². The molecule has 2 aliphatic rings. The minimum Gasteiger partial charge on any atom is -0.463 e. The third-order valence-corrected chi connectivity index (χ3v) is 7.76. The van der Waals surface area contributed by atoms with Gasteiger partial charge in [-0.05, 0) is 43.4 Å². The van der Waals surface area contributed by atoms with Crippen molar-refractivity contribution in [1.82, 2.24) is 9.55 Å². The first-order valence-corrected chi connectivity index (χ1v) is 14.5. The summed E-state index contributed by atoms with van der Waals surface area (Å²) in [6, 6.07) is 11.5. The summed E-state index contributed by atoms with van der Waals surface area (Å²) in [4.78, 5) is 56.6. The Hall–Kier alpha value is -4.05. The smallest absolute Gasteiger partial charge is 0.355 e. The third-order valence-electron chi connectivity index (χ3n) is 7.76. The highest BCUT2D eigenvalue weighted by atomic mass is 16.6. The predicted octanol–water partition coefficient (Wildman–Crippen LogP) is 4.41. The Bertz CT molecular complexity index is 1580. The Morgan fingerprint density at radius 3 is 2.64 bits per heavy atom. The molecule has 0 saturated heterocycles. The van der Waals surface area contributed by atoms with E-state index in [1.54, 1.807) is 17.6 Å². The first kappa shape index (κ1) is 29.4. The maximum Gasteiger partial charge on any atom is 0.355 e. The van der Waals surface area contributed by atoms with Crippen LogP contribution in [0.3, 0.4) is 0 Å². The molecule has 0 saturated carbocycles. The molecular weight excluding hydrogens is 540 g/mol. The van der Waals surface area contributed by atoms with Crippen LogP contribution in [-0.2, 0) is 52.1 Å². The summed E-state index contributed by atoms with van der Waals surface area (Å²) >= 11 is 0. The standard InChI is InChI=1S/C32H36N2O8/c1-4-32(42-28(36)11-7-10-27(35)40-15-14-39-13-12-20(2)3)24-17-26-29-22(16-21-8-5-6-9-25(21)33-29)18-34(26)30(37)23(24)19-41-31(32)38/h5-6,8-9,16-17,20H,4,7,10-15,18-19H2,1-3H3/t32-/m0/s1. The van der Waals surface area contributed by atoms with Gasteiger partial charge in [-0.2, -0.15) is 0 Å². The molecule has 222 valence electrons. The predicted molar refractivity (Wildman–Crippen MR) is 153 cm³/mol. The number of esters is 3. The van der Waals surface area contributed by atoms with Gasteiger partial charge >= 0.3 is 17.9 Å². The molecule has 42 heavy (non-hydrogen) atoms. The van der Waals surface area contributed by atoms with E-state index in [4.69, 9.17) is 23.9 Å². The number of fused-ring (bicyclic) bond motifs is 5. The maximum absolute atomic E-state index is 13.6. The molecule has 0 bridgehead atoms. The number of carbonyl (C=O) groups is 3. The van der Waals surface area contributed by atoms with E-state index in [1.165, 1.54) is 0 Å². The molecule has 2 aromatic heterocycles. The number of para-hydroxylation sites is 1. The average molecular weight is 577 g/mol. The molecule has 0 amide bonds. The van der Waals surface area contributed by atoms with Gasteiger partial charge in [0.2, 0.25) is 5.60 Å². The molecule has 0 unspecified atom stereocenters. The summed E-state index contributed by atoms with van der Waals surface area (Å²) in [5, 5.41) is 0.969. The highest BCUT2D eigenvalue weighted by Crippen LogP contribution is 2.41. The van der Waals surface area contributed by atoms with Gasteiger partial charge < -0.3 is 23.5 Å². The SMILES string of the molecule is CC[C@@]1(OC(=O)CCCC(=O)OCCOCCC(C)C)C(=O)OCc2c1cc1n(c2=O)Cc2cc3ccccc3nc2-1. The maximum atomic E-state index is 13.6. The van der Waals surface area contributed by atoms with E-state index in [9.17, 15) is 19.2 Å². The molecule has 10 heteroatoms. The Morgan fingerprint density at radius 2 is 1.86 bits per heavy atom. The van der Waals surface area contributed by atoms with Crippen molar-refractivity contribution in [2.24, 2.45) is 5.92 Å². The van der Waals surface area contributed by atoms with Crippen molar-refractivity contribution in [2.45, 2.75) is 71.6 Å². The Kier molecular flexibility index (Phi) is 8.72. The lowest BCUT2D eigenvalue weighted by Crippen LogP contribution is -2.47. The largest absolute Gasteiger partial charge is 0.463 e. The van der Waals surface area contributed by atoms with E-state index in [1.807, 2.05) is 30.3 Å². The van der Waals surface area contributed by atoms with Gasteiger partial charge in [-0.1, -0.05) is 39.0 Å². The number of nitrogens with zero attached hydrogens (tertiary/aromatic N) is 2. The van der Waals surface area contributed by atoms with E-state index in [2.05, 4.69) is 13.8 Å². The van der Waals surface area contributed by atoms with Crippen LogP contribution in [0.1, 0.15) is 69.6 Å². The van der Waals surface area contributed by atoms with E-state index in [-0.39, 0.29) is 50.0 Å². The third kappa shape index (κ3) is 5.81. The molecule has 1 atom stereocenters. The summed E-state index contributed by atoms with van der Waals surface area (Å²) in [5.41, 5.74) is 1.45. The molecule has 0 aliphatic carbocycles. The Morgan fingerprint density at radius 1 is 1.07 bits per heavy atom. The molecule has 0 fully saturated rings. The van der Waals surface area contributed by atoms with Crippen LogP contribution in [0, 0.1) is 5.92 Å². The number of aromatic nitrogens is 2. The molecule has 0 N–H and O–H groups in total. The lowest BCUT2D eigenvalue weighted by Gasteiger charge is -2.35. The molecule has 3 aromatic rings. The summed E-state index contributed by atoms with van der Waals surface area (Å²) in [5.74, 6) is -1.29. The Labute approximate surface area is 243 Å². The molecular formula is C32H36N2O8. The van der Waals surface area contributed by atoms with Crippen LogP contribution in [0.2, 0.25) is 0 Å². The first-order chi connectivity index (χ1) is 20.2. The second kappa shape index (κ2) is 12.4. The lowest BCUT2D eigenvalue weighted by atomic mass is 9.85. The second-order valence-electron chi connectivity index (χ2n) is 11.1. The number of benzene rings is 1. The van der Waals surface area contributed by atoms with Crippen molar-refractivity contribution in [3.8, 4) is 11.4 Å². The van der Waals surface area contributed by atoms with Gasteiger partial charge in [0, 0.05) is 36.0 Å². The summed E-state index contributed by atoms with van der Waals surface area (Å²) < 4.78 is 23.4. The topological polar surface area (TPSA) is 123 Å². The molecule has 0 spiro atoms. The number of hydrogen-bond acceptors (Lipinski definition) is 9. The quantitative estimate of drug-likeness (QED) is 0.137. The minimum atomic E-state index is -1.77. The van der Waals surface area contributed by atoms with Gasteiger partial charge in [0.25, 0.3) is 5.56 Å². The molecule has 10 nitrogen and oxygen atoms in total. The van der Waals surface area contributed by atoms with Crippen molar-refractivity contribution in [3.63, 3.8) is 0 Å². The van der Waals surface area contributed by atoms with Crippen molar-refractivity contribution in [1.29, 1.82) is 0 Å². The van der Waals surface area contributed by atoms with Crippen molar-refractivity contribution >= 4 is 28.8 Å². The zero-order chi connectivity index (χ0) is 29.9. The van der Waals surface area contributed by atoms with Gasteiger partial charge in [0.1, 0.15) is 13.2 Å². The highest BCUT2D eigenvalue weighted by Gasteiger charge is 2.50. The lowest BCUT2D eigenvalue weighted by molar-refractivity contribution is -0.189. The van der Waals surface area contributed by atoms with Gasteiger partial charge in [0.15, 0.2) is 0 Å². The monoisotopic (exact) mass is 576 g/mol. The van der Waals surface area contributed by atoms with Crippen LogP contribution in [0.15, 0.2) is 41.2 Å². The van der Waals surface area contributed by atoms with Crippen LogP contribution < -0.4 is 5.56 Å². The highest BCUT2D eigenvalue weighted by molar-refractivity contribution is 5.88. The number of carbonyl (C=O) groups excluding carboxylic acids is 3. The van der Waals surface area contributed by atoms with Crippen LogP contribution in [0.4, 0.5) is 0 Å². The number of cyclic esters (lactones) is 1. The number of rotatable bonds is 12. The number of pyridine rings is 2. The van der Waals surface area contributed by atoms with Crippen molar-refractivity contribution < 1.29 is 33.3 Å². The average Bonchev–Trinajstić information content (AvgIpc) is 3.33. The number of ether oxygens (including phenoxy) is 4. The summed E-state index contributed by atoms with van der Waals surface area (Å²) in [6.07, 6.45) is 1.11. The van der Waals surface area contributed by atoms with Gasteiger partial charge in [-0.25, -0.2) is 9.78 Å². The normalized spacial score (nSPS) is 17.0. The van der Waals surface area contributed by atoms with Gasteiger partial charge in [-0.3, -0.25) is 14.4 Å². The van der Waals surface area contributed by atoms with E-state index < -0.39 is 23.5 Å². The molecule has 4 heterocycles. The van der Waals surface area contributed by atoms with Gasteiger partial charge in [-0.15, -0.1) is 0 Å². The molecule has 1 aromatic carbocycles. The van der Waals surface area contributed by atoms with Crippen LogP contribution in [0.25, 0.3) is 22.3 Å². The van der Waals surface area contributed by atoms with Crippen LogP contribution in [-0.4, -0.2) is 47.3 Å². The van der Waals surface area contributed by atoms with Crippen LogP contribution >= 0.6 is 0 Å². The van der Waals surface area contributed by atoms with Crippen molar-refractivity contribution in [3.05, 3.63) is 63.4 Å². The fraction of sp³-hybridized carbons (Fsp3) is 0.469. The molecule has 0 radical (unpaired) electrons. The van der Waals surface area contributed by atoms with E-state index in [0.717, 1.165) is 22.9 Å². The van der Waals surface area contributed by atoms with Crippen molar-refractivity contribution in [2.75, 3.05) is 19.8 Å². The summed E-state index contributed by atoms with van der Waals surface area (Å²) in [6.45, 7) is 7.15. The summed E-state index contributed by atoms with van der Waals surface area (Å²) in [7, 11) is 0. The van der Waals surface area contributed by atoms with Crippen LogP contribution in [0.5, 0.6) is 0 Å². The minimum absolute atomic E-state index is 0.0204. The molecule has 5 rings (SSSR count). The fourth-order valence-corrected chi connectivity index (χ4v) is 5.41. The zero-order valence-corrected chi connectivity index (χ0v) is 24.3. The fourth-order valence-electron chi connectivity index (χ4n) is 5.41. The second-order valence-corrected chi connectivity index (χ2v) is 11.1. The van der Waals surface area contributed by atoms with Gasteiger partial charge in [0.05, 0.1) is 35.6 Å². The number of hydrogen-bond donors (Lipinski definition) is 0. The first-order valence-electron chi connectivity index (χ1n) is 14.5. The zero-order valence-electron chi connectivity index (χ0n) is 24.3. The van der Waals surface area contributed by atoms with E-state index >= 15 is 0 Å².